The van der Waals surface area contributed by atoms with Crippen LogP contribution in [0.5, 0.6) is 5.88 Å². The van der Waals surface area contributed by atoms with E-state index in [-0.39, 0.29) is 31.6 Å². The zero-order chi connectivity index (χ0) is 39.2. The number of carbonyl (C=O) groups excluding carboxylic acids is 4. The maximum atomic E-state index is 14.7. The first-order valence-electron chi connectivity index (χ1n) is 20.3. The number of amides is 3. The fourth-order valence-electron chi connectivity index (χ4n) is 8.30. The molecule has 8 rings (SSSR count). The van der Waals surface area contributed by atoms with Crippen LogP contribution in [0.1, 0.15) is 76.2 Å². The minimum atomic E-state index is -1.25. The molecule has 12 nitrogen and oxygen atoms in total. The van der Waals surface area contributed by atoms with Crippen molar-refractivity contribution in [3.63, 3.8) is 0 Å². The average Bonchev–Trinajstić information content (AvgIpc) is 3.72. The molecule has 0 spiro atoms. The van der Waals surface area contributed by atoms with Crippen molar-refractivity contribution in [2.24, 2.45) is 5.92 Å². The topological polar surface area (TPSA) is 149 Å². The Morgan fingerprint density at radius 2 is 1.67 bits per heavy atom. The number of para-hydroxylation sites is 2. The second kappa shape index (κ2) is 17.5. The lowest BCUT2D eigenvalue weighted by Gasteiger charge is -2.29. The normalized spacial score (nSPS) is 26.0. The Balaban J connectivity index is 1.07. The Hall–Kier alpha value is -5.30. The summed E-state index contributed by atoms with van der Waals surface area (Å²) >= 11 is 1.51. The van der Waals surface area contributed by atoms with Gasteiger partial charge in [0.2, 0.25) is 17.7 Å². The molecule has 1 saturated heterocycles. The number of fused-ring (bicyclic) bond motifs is 3. The monoisotopic (exact) mass is 791 g/mol. The molecule has 4 heterocycles. The zero-order valence-electron chi connectivity index (χ0n) is 32.0. The van der Waals surface area contributed by atoms with E-state index in [9.17, 15) is 19.2 Å². The lowest BCUT2D eigenvalue weighted by atomic mass is 10.0. The molecular formula is C44H49N5O7S. The van der Waals surface area contributed by atoms with Crippen LogP contribution in [-0.2, 0) is 30.3 Å². The van der Waals surface area contributed by atoms with Gasteiger partial charge >= 0.3 is 12.1 Å². The van der Waals surface area contributed by atoms with Crippen molar-refractivity contribution in [2.45, 2.75) is 107 Å². The third-order valence-electron chi connectivity index (χ3n) is 11.5. The number of rotatable bonds is 9. The van der Waals surface area contributed by atoms with E-state index < -0.39 is 47.6 Å². The fourth-order valence-corrected chi connectivity index (χ4v) is 9.01. The molecule has 3 fully saturated rings. The molecule has 298 valence electrons. The number of hydrogen-bond donors (Lipinski definition) is 2. The minimum Gasteiger partial charge on any atom is -0.471 e. The number of thiophene rings is 1. The summed E-state index contributed by atoms with van der Waals surface area (Å²) in [6.07, 6.45) is 10.9. The van der Waals surface area contributed by atoms with Crippen molar-refractivity contribution in [1.82, 2.24) is 25.5 Å². The van der Waals surface area contributed by atoms with Gasteiger partial charge in [-0.15, -0.1) is 11.3 Å². The quantitative estimate of drug-likeness (QED) is 0.136. The predicted molar refractivity (Wildman–Crippen MR) is 215 cm³/mol. The number of alkyl carbamates (subject to hydrolysis) is 1. The summed E-state index contributed by atoms with van der Waals surface area (Å²) in [7, 11) is 0. The fraction of sp³-hybridized carbons (Fsp3) is 0.455. The lowest BCUT2D eigenvalue weighted by molar-refractivity contribution is -0.150. The first kappa shape index (κ1) is 38.6. The Bertz CT molecular complexity index is 2090. The maximum Gasteiger partial charge on any atom is 0.408 e. The van der Waals surface area contributed by atoms with Crippen LogP contribution in [0.25, 0.3) is 21.6 Å². The standard InChI is InChI=1S/C44H49N5O7S/c50-39-36-26-32(55-40-38(37-22-13-25-57-37)45-33-19-11-12-20-34(33)46-40)28-49(36)41(51)35(47-43(53)56-31-17-9-10-18-31)21-8-3-1-2-7-16-30-27-44(30,48-39)42(52)54-24-23-29-14-5-4-6-15-29/h4-7,11-16,19-20,22,25,30-32,35-36H,1-3,8-10,17-18,21,23-24,26-28H2,(H,47,53)(H,48,50)/b16-7-/t30?,32-,35+,36+,44+/m1/s1. The van der Waals surface area contributed by atoms with E-state index in [1.54, 1.807) is 0 Å². The Labute approximate surface area is 336 Å². The van der Waals surface area contributed by atoms with Gasteiger partial charge in [0.15, 0.2) is 0 Å². The molecule has 3 amide bonds. The molecule has 5 atom stereocenters. The summed E-state index contributed by atoms with van der Waals surface area (Å²) in [5.41, 5.74) is 1.73. The zero-order valence-corrected chi connectivity index (χ0v) is 32.8. The molecule has 57 heavy (non-hydrogen) atoms. The number of allylic oxidation sites excluding steroid dienone is 1. The summed E-state index contributed by atoms with van der Waals surface area (Å²) in [6, 6.07) is 19.3. The van der Waals surface area contributed by atoms with Gasteiger partial charge in [-0.05, 0) is 80.5 Å². The van der Waals surface area contributed by atoms with Gasteiger partial charge in [0.25, 0.3) is 0 Å². The average molecular weight is 792 g/mol. The first-order chi connectivity index (χ1) is 27.9. The Morgan fingerprint density at radius 1 is 0.895 bits per heavy atom. The molecule has 2 aliphatic heterocycles. The van der Waals surface area contributed by atoms with Crippen LogP contribution in [0, 0.1) is 5.92 Å². The van der Waals surface area contributed by atoms with Gasteiger partial charge in [0.1, 0.15) is 35.5 Å². The van der Waals surface area contributed by atoms with Crippen molar-refractivity contribution >= 4 is 46.2 Å². The first-order valence-corrected chi connectivity index (χ1v) is 21.2. The number of aromatic nitrogens is 2. The predicted octanol–water partition coefficient (Wildman–Crippen LogP) is 6.93. The SMILES string of the molecule is O=C(N[C@H]1CCCCC/C=C\C2C[C@]2(C(=O)OCCc2ccccc2)NC(=O)[C@@H]2C[C@@H](Oc3nc4ccccc4nc3-c3cccs3)CN2C1=O)OC1CCCC1. The van der Waals surface area contributed by atoms with Gasteiger partial charge in [-0.2, -0.15) is 0 Å². The number of ether oxygens (including phenoxy) is 3. The molecule has 2 aromatic heterocycles. The number of nitrogens with one attached hydrogen (secondary N) is 2. The highest BCUT2D eigenvalue weighted by Gasteiger charge is 2.62. The summed E-state index contributed by atoms with van der Waals surface area (Å²) in [6.45, 7) is 0.230. The van der Waals surface area contributed by atoms with Crippen LogP contribution < -0.4 is 15.4 Å². The molecule has 4 aliphatic rings. The van der Waals surface area contributed by atoms with Crippen LogP contribution in [-0.4, -0.2) is 81.7 Å². The number of esters is 1. The van der Waals surface area contributed by atoms with Crippen molar-refractivity contribution in [2.75, 3.05) is 13.2 Å². The van der Waals surface area contributed by atoms with E-state index in [0.29, 0.717) is 48.3 Å². The number of carbonyl (C=O) groups is 4. The van der Waals surface area contributed by atoms with Crippen molar-refractivity contribution < 1.29 is 33.4 Å². The van der Waals surface area contributed by atoms with Crippen LogP contribution >= 0.6 is 11.3 Å². The number of nitrogens with zero attached hydrogens (tertiary/aromatic N) is 3. The van der Waals surface area contributed by atoms with E-state index in [1.807, 2.05) is 78.2 Å². The van der Waals surface area contributed by atoms with E-state index in [4.69, 9.17) is 24.2 Å². The largest absolute Gasteiger partial charge is 0.471 e. The summed E-state index contributed by atoms with van der Waals surface area (Å²) in [5, 5.41) is 7.90. The van der Waals surface area contributed by atoms with Crippen LogP contribution in [0.15, 0.2) is 84.3 Å². The summed E-state index contributed by atoms with van der Waals surface area (Å²) in [4.78, 5) is 68.5. The van der Waals surface area contributed by atoms with Gasteiger partial charge in [-0.1, -0.05) is 73.5 Å². The molecule has 2 N–H and O–H groups in total. The van der Waals surface area contributed by atoms with E-state index >= 15 is 0 Å². The molecule has 2 aromatic carbocycles. The Kier molecular flexibility index (Phi) is 11.8. The van der Waals surface area contributed by atoms with Crippen LogP contribution in [0.3, 0.4) is 0 Å². The highest BCUT2D eigenvalue weighted by Crippen LogP contribution is 2.46. The maximum absolute atomic E-state index is 14.7. The molecular weight excluding hydrogens is 743 g/mol. The summed E-state index contributed by atoms with van der Waals surface area (Å²) in [5.74, 6) is -1.30. The Morgan fingerprint density at radius 3 is 2.46 bits per heavy atom. The van der Waals surface area contributed by atoms with Crippen LogP contribution in [0.2, 0.25) is 0 Å². The van der Waals surface area contributed by atoms with E-state index in [2.05, 4.69) is 16.7 Å². The minimum absolute atomic E-state index is 0.0585. The van der Waals surface area contributed by atoms with Crippen molar-refractivity contribution in [3.8, 4) is 16.5 Å². The highest BCUT2D eigenvalue weighted by molar-refractivity contribution is 7.13. The highest BCUT2D eigenvalue weighted by atomic mass is 32.1. The van der Waals surface area contributed by atoms with Crippen molar-refractivity contribution in [3.05, 3.63) is 89.8 Å². The smallest absolute Gasteiger partial charge is 0.408 e. The van der Waals surface area contributed by atoms with E-state index in [0.717, 1.165) is 55.4 Å². The van der Waals surface area contributed by atoms with E-state index in [1.165, 1.54) is 16.2 Å². The third kappa shape index (κ3) is 8.98. The van der Waals surface area contributed by atoms with Gasteiger partial charge in [-0.25, -0.2) is 19.6 Å². The molecule has 2 aliphatic carbocycles. The molecule has 1 unspecified atom stereocenters. The van der Waals surface area contributed by atoms with Gasteiger partial charge in [0.05, 0.1) is 29.1 Å². The molecule has 0 radical (unpaired) electrons. The second-order valence-corrected chi connectivity index (χ2v) is 16.5. The molecule has 2 saturated carbocycles. The second-order valence-electron chi connectivity index (χ2n) is 15.5. The lowest BCUT2D eigenvalue weighted by Crippen LogP contribution is -2.56. The van der Waals surface area contributed by atoms with Crippen molar-refractivity contribution in [1.29, 1.82) is 0 Å². The molecule has 0 bridgehead atoms. The number of hydrogen-bond acceptors (Lipinski definition) is 10. The molecule has 13 heteroatoms. The third-order valence-corrected chi connectivity index (χ3v) is 12.4. The van der Waals surface area contributed by atoms with Gasteiger partial charge in [0, 0.05) is 18.8 Å². The van der Waals surface area contributed by atoms with Gasteiger partial charge in [-0.3, -0.25) is 9.59 Å². The number of benzene rings is 2. The van der Waals surface area contributed by atoms with Gasteiger partial charge < -0.3 is 29.7 Å². The molecule has 4 aromatic rings. The summed E-state index contributed by atoms with van der Waals surface area (Å²) < 4.78 is 18.2. The van der Waals surface area contributed by atoms with Crippen LogP contribution in [0.4, 0.5) is 4.79 Å².